The van der Waals surface area contributed by atoms with Crippen LogP contribution in [-0.2, 0) is 4.74 Å². The van der Waals surface area contributed by atoms with Crippen LogP contribution in [0.2, 0.25) is 0 Å². The van der Waals surface area contributed by atoms with Gasteiger partial charge in [-0.2, -0.15) is 0 Å². The first-order chi connectivity index (χ1) is 5.68. The molecule has 0 N–H and O–H groups in total. The lowest BCUT2D eigenvalue weighted by Crippen LogP contribution is -2.07. The molecule has 0 amide bonds. The van der Waals surface area contributed by atoms with E-state index < -0.39 is 0 Å². The summed E-state index contributed by atoms with van der Waals surface area (Å²) in [4.78, 5) is 0. The van der Waals surface area contributed by atoms with E-state index in [0.717, 1.165) is 0 Å². The van der Waals surface area contributed by atoms with E-state index in [9.17, 15) is 0 Å². The molecule has 70 valence electrons. The van der Waals surface area contributed by atoms with Gasteiger partial charge in [-0.25, -0.2) is 0 Å². The lowest BCUT2D eigenvalue weighted by Gasteiger charge is -2.08. The Bertz CT molecular complexity index is 156. The van der Waals surface area contributed by atoms with E-state index in [1.807, 2.05) is 0 Å². The van der Waals surface area contributed by atoms with Gasteiger partial charge >= 0.3 is 0 Å². The average Bonchev–Trinajstić information content (AvgIpc) is 2.35. The molecule has 1 fully saturated rings. The van der Waals surface area contributed by atoms with E-state index in [0.29, 0.717) is 12.2 Å². The van der Waals surface area contributed by atoms with Gasteiger partial charge in [-0.3, -0.25) is 0 Å². The highest BCUT2D eigenvalue weighted by Crippen LogP contribution is 2.22. The minimum absolute atomic E-state index is 0.502. The second kappa shape index (κ2) is 4.66. The lowest BCUT2D eigenvalue weighted by molar-refractivity contribution is 0.0516. The van der Waals surface area contributed by atoms with Crippen LogP contribution in [0.1, 0.15) is 46.5 Å². The van der Waals surface area contributed by atoms with Crippen LogP contribution in [-0.4, -0.2) is 12.2 Å². The molecule has 1 aliphatic heterocycles. The smallest absolute Gasteiger partial charge is 0.0582 e. The van der Waals surface area contributed by atoms with Gasteiger partial charge < -0.3 is 4.74 Å². The van der Waals surface area contributed by atoms with E-state index >= 15 is 0 Å². The molecule has 0 spiro atoms. The largest absolute Gasteiger partial charge is 0.375 e. The Hall–Kier alpha value is -0.300. The van der Waals surface area contributed by atoms with E-state index in [4.69, 9.17) is 4.74 Å². The monoisotopic (exact) mass is 168 g/mol. The third-order valence-electron chi connectivity index (χ3n) is 2.36. The van der Waals surface area contributed by atoms with Gasteiger partial charge in [-0.15, -0.1) is 0 Å². The lowest BCUT2D eigenvalue weighted by atomic mass is 10.1. The van der Waals surface area contributed by atoms with E-state index in [2.05, 4.69) is 26.8 Å². The zero-order valence-electron chi connectivity index (χ0n) is 8.47. The van der Waals surface area contributed by atoms with Gasteiger partial charge in [-0.05, 0) is 46.5 Å². The van der Waals surface area contributed by atoms with Crippen LogP contribution in [0.4, 0.5) is 0 Å². The first-order valence-electron chi connectivity index (χ1n) is 4.97. The molecule has 1 nitrogen and oxygen atoms in total. The van der Waals surface area contributed by atoms with Crippen LogP contribution in [0, 0.1) is 0 Å². The number of rotatable bonds is 3. The third kappa shape index (κ3) is 3.40. The summed E-state index contributed by atoms with van der Waals surface area (Å²) in [6, 6.07) is 0. The topological polar surface area (TPSA) is 9.23 Å². The van der Waals surface area contributed by atoms with Gasteiger partial charge in [0, 0.05) is 0 Å². The molecule has 0 aromatic rings. The normalized spacial score (nSPS) is 28.9. The first kappa shape index (κ1) is 9.79. The van der Waals surface area contributed by atoms with Crippen molar-refractivity contribution in [2.45, 2.75) is 58.7 Å². The van der Waals surface area contributed by atoms with E-state index in [1.165, 1.54) is 31.3 Å². The van der Waals surface area contributed by atoms with Crippen LogP contribution in [0.15, 0.2) is 11.6 Å². The maximum atomic E-state index is 5.71. The summed E-state index contributed by atoms with van der Waals surface area (Å²) in [5, 5.41) is 0. The highest BCUT2D eigenvalue weighted by Gasteiger charge is 2.20. The molecule has 1 aliphatic rings. The van der Waals surface area contributed by atoms with Crippen molar-refractivity contribution in [1.82, 2.24) is 0 Å². The molecule has 1 heterocycles. The molecule has 1 heteroatoms. The highest BCUT2D eigenvalue weighted by molar-refractivity contribution is 4.93. The molecule has 0 aromatic carbocycles. The molecule has 12 heavy (non-hydrogen) atoms. The van der Waals surface area contributed by atoms with Gasteiger partial charge in [-0.1, -0.05) is 11.6 Å². The second-order valence-corrected chi connectivity index (χ2v) is 4.00. The molecular weight excluding hydrogens is 148 g/mol. The highest BCUT2D eigenvalue weighted by atomic mass is 16.5. The number of ether oxygens (including phenoxy) is 1. The zero-order valence-corrected chi connectivity index (χ0v) is 8.47. The molecule has 1 saturated heterocycles. The van der Waals surface area contributed by atoms with Crippen LogP contribution in [0.5, 0.6) is 0 Å². The van der Waals surface area contributed by atoms with Crippen molar-refractivity contribution in [3.05, 3.63) is 11.6 Å². The molecule has 0 bridgehead atoms. The van der Waals surface area contributed by atoms with E-state index in [1.54, 1.807) is 0 Å². The fourth-order valence-corrected chi connectivity index (χ4v) is 1.66. The Morgan fingerprint density at radius 1 is 1.42 bits per heavy atom. The van der Waals surface area contributed by atoms with Crippen molar-refractivity contribution < 1.29 is 4.74 Å². The quantitative estimate of drug-likeness (QED) is 0.587. The molecule has 2 unspecified atom stereocenters. The number of allylic oxidation sites excluding steroid dienone is 2. The molecule has 0 saturated carbocycles. The Kier molecular flexibility index (Phi) is 3.80. The van der Waals surface area contributed by atoms with Gasteiger partial charge in [0.1, 0.15) is 0 Å². The predicted molar refractivity (Wildman–Crippen MR) is 52.2 cm³/mol. The van der Waals surface area contributed by atoms with Crippen LogP contribution in [0.3, 0.4) is 0 Å². The van der Waals surface area contributed by atoms with Gasteiger partial charge in [0.2, 0.25) is 0 Å². The molecular formula is C11H20O. The van der Waals surface area contributed by atoms with Crippen molar-refractivity contribution in [3.8, 4) is 0 Å². The van der Waals surface area contributed by atoms with Crippen LogP contribution >= 0.6 is 0 Å². The van der Waals surface area contributed by atoms with Crippen molar-refractivity contribution in [2.75, 3.05) is 0 Å². The van der Waals surface area contributed by atoms with Crippen molar-refractivity contribution >= 4 is 0 Å². The second-order valence-electron chi connectivity index (χ2n) is 4.00. The summed E-state index contributed by atoms with van der Waals surface area (Å²) in [5.74, 6) is 0. The minimum Gasteiger partial charge on any atom is -0.375 e. The summed E-state index contributed by atoms with van der Waals surface area (Å²) in [7, 11) is 0. The number of hydrogen-bond acceptors (Lipinski definition) is 1. The zero-order chi connectivity index (χ0) is 8.97. The Labute approximate surface area is 75.8 Å². The van der Waals surface area contributed by atoms with Gasteiger partial charge in [0.25, 0.3) is 0 Å². The van der Waals surface area contributed by atoms with Gasteiger partial charge in [0.15, 0.2) is 0 Å². The van der Waals surface area contributed by atoms with Crippen molar-refractivity contribution in [2.24, 2.45) is 0 Å². The Morgan fingerprint density at radius 2 is 2.17 bits per heavy atom. The summed E-state index contributed by atoms with van der Waals surface area (Å²) in [6.07, 6.45) is 8.23. The Balaban J connectivity index is 2.12. The molecule has 0 radical (unpaired) electrons. The molecule has 0 aliphatic carbocycles. The Morgan fingerprint density at radius 3 is 2.67 bits per heavy atom. The fourth-order valence-electron chi connectivity index (χ4n) is 1.66. The van der Waals surface area contributed by atoms with Crippen LogP contribution in [0.25, 0.3) is 0 Å². The van der Waals surface area contributed by atoms with E-state index in [-0.39, 0.29) is 0 Å². The standard InChI is InChI=1S/C11H20O/c1-9(2)5-4-6-11-8-7-10(3)12-11/h5,10-11H,4,6-8H2,1-3H3. The maximum absolute atomic E-state index is 5.71. The SMILES string of the molecule is CC(C)=CCCC1CCC(C)O1. The molecule has 0 aromatic heterocycles. The van der Waals surface area contributed by atoms with Crippen molar-refractivity contribution in [3.63, 3.8) is 0 Å². The third-order valence-corrected chi connectivity index (χ3v) is 2.36. The minimum atomic E-state index is 0.502. The maximum Gasteiger partial charge on any atom is 0.0582 e. The van der Waals surface area contributed by atoms with Gasteiger partial charge in [0.05, 0.1) is 12.2 Å². The molecule has 1 rings (SSSR count). The van der Waals surface area contributed by atoms with Crippen molar-refractivity contribution in [1.29, 1.82) is 0 Å². The summed E-state index contributed by atoms with van der Waals surface area (Å²) in [5.41, 5.74) is 1.42. The predicted octanol–water partition coefficient (Wildman–Crippen LogP) is 3.30. The first-order valence-corrected chi connectivity index (χ1v) is 4.97. The number of hydrogen-bond donors (Lipinski definition) is 0. The summed E-state index contributed by atoms with van der Waals surface area (Å²) in [6.45, 7) is 6.47. The average molecular weight is 168 g/mol. The summed E-state index contributed by atoms with van der Waals surface area (Å²) < 4.78 is 5.71. The molecule has 2 atom stereocenters. The summed E-state index contributed by atoms with van der Waals surface area (Å²) >= 11 is 0. The van der Waals surface area contributed by atoms with Crippen LogP contribution < -0.4 is 0 Å². The fraction of sp³-hybridized carbons (Fsp3) is 0.818.